The molecule has 0 spiro atoms. The number of hydrogen-bond acceptors (Lipinski definition) is 1. The molecule has 0 aromatic carbocycles. The smallest absolute Gasteiger partial charge is 0.0794 e. The molecular formula is C8H12O. The second-order valence-electron chi connectivity index (χ2n) is 3.17. The molecule has 0 aromatic rings. The van der Waals surface area contributed by atoms with Crippen molar-refractivity contribution in [1.29, 1.82) is 0 Å². The molecule has 2 aliphatic rings. The Morgan fingerprint density at radius 2 is 1.44 bits per heavy atom. The fourth-order valence-corrected chi connectivity index (χ4v) is 1.69. The van der Waals surface area contributed by atoms with Gasteiger partial charge in [-0.15, -0.1) is 0 Å². The van der Waals surface area contributed by atoms with Gasteiger partial charge in [-0.25, -0.2) is 0 Å². The van der Waals surface area contributed by atoms with Crippen LogP contribution in [-0.2, 0) is 4.74 Å². The van der Waals surface area contributed by atoms with Crippen LogP contribution in [0.25, 0.3) is 0 Å². The van der Waals surface area contributed by atoms with Gasteiger partial charge >= 0.3 is 0 Å². The van der Waals surface area contributed by atoms with E-state index in [2.05, 4.69) is 26.0 Å². The zero-order valence-corrected chi connectivity index (χ0v) is 5.87. The van der Waals surface area contributed by atoms with Gasteiger partial charge in [0, 0.05) is 0 Å². The lowest BCUT2D eigenvalue weighted by Gasteiger charge is -2.15. The number of ether oxygens (including phenoxy) is 1. The second-order valence-corrected chi connectivity index (χ2v) is 3.17. The molecule has 0 N–H and O–H groups in total. The van der Waals surface area contributed by atoms with E-state index in [-0.39, 0.29) is 0 Å². The Bertz CT molecular complexity index is 135. The Kier molecular flexibility index (Phi) is 0.974. The molecule has 0 amide bonds. The second kappa shape index (κ2) is 1.60. The van der Waals surface area contributed by atoms with Crippen LogP contribution < -0.4 is 0 Å². The fraction of sp³-hybridized carbons (Fsp3) is 0.750. The van der Waals surface area contributed by atoms with Crippen LogP contribution in [0.1, 0.15) is 13.8 Å². The van der Waals surface area contributed by atoms with Gasteiger partial charge in [-0.1, -0.05) is 26.0 Å². The first-order valence-electron chi connectivity index (χ1n) is 3.63. The van der Waals surface area contributed by atoms with Crippen LogP contribution in [0.4, 0.5) is 0 Å². The first-order chi connectivity index (χ1) is 4.29. The van der Waals surface area contributed by atoms with Gasteiger partial charge in [0.15, 0.2) is 0 Å². The van der Waals surface area contributed by atoms with Gasteiger partial charge in [-0.2, -0.15) is 0 Å². The molecule has 50 valence electrons. The highest BCUT2D eigenvalue weighted by Gasteiger charge is 2.39. The van der Waals surface area contributed by atoms with Crippen molar-refractivity contribution in [3.8, 4) is 0 Å². The first kappa shape index (κ1) is 5.48. The summed E-state index contributed by atoms with van der Waals surface area (Å²) in [4.78, 5) is 0. The summed E-state index contributed by atoms with van der Waals surface area (Å²) in [6, 6.07) is 0. The lowest BCUT2D eigenvalue weighted by atomic mass is 9.86. The summed E-state index contributed by atoms with van der Waals surface area (Å²) in [6.45, 7) is 4.53. The summed E-state index contributed by atoms with van der Waals surface area (Å²) in [7, 11) is 0. The number of rotatable bonds is 0. The fourth-order valence-electron chi connectivity index (χ4n) is 1.69. The predicted molar refractivity (Wildman–Crippen MR) is 36.1 cm³/mol. The zero-order chi connectivity index (χ0) is 6.43. The third kappa shape index (κ3) is 0.584. The third-order valence-electron chi connectivity index (χ3n) is 2.67. The Balaban J connectivity index is 2.26. The largest absolute Gasteiger partial charge is 0.366 e. The average Bonchev–Trinajstić information content (AvgIpc) is 2.37. The molecular weight excluding hydrogens is 112 g/mol. The zero-order valence-electron chi connectivity index (χ0n) is 5.87. The molecule has 0 radical (unpaired) electrons. The average molecular weight is 124 g/mol. The molecule has 2 aliphatic heterocycles. The predicted octanol–water partition coefficient (Wildman–Crippen LogP) is 1.60. The summed E-state index contributed by atoms with van der Waals surface area (Å²) >= 11 is 0. The normalized spacial score (nSPS) is 54.9. The molecule has 1 nitrogen and oxygen atoms in total. The van der Waals surface area contributed by atoms with Crippen molar-refractivity contribution in [2.75, 3.05) is 0 Å². The van der Waals surface area contributed by atoms with Crippen molar-refractivity contribution in [3.05, 3.63) is 12.2 Å². The maximum Gasteiger partial charge on any atom is 0.0794 e. The molecule has 1 heteroatoms. The Hall–Kier alpha value is -0.300. The van der Waals surface area contributed by atoms with Crippen LogP contribution in [0.3, 0.4) is 0 Å². The van der Waals surface area contributed by atoms with Crippen molar-refractivity contribution in [1.82, 2.24) is 0 Å². The van der Waals surface area contributed by atoms with E-state index >= 15 is 0 Å². The third-order valence-corrected chi connectivity index (χ3v) is 2.67. The van der Waals surface area contributed by atoms with Crippen LogP contribution in [0, 0.1) is 11.8 Å². The summed E-state index contributed by atoms with van der Waals surface area (Å²) in [5.74, 6) is 1.47. The molecule has 2 rings (SSSR count). The summed E-state index contributed by atoms with van der Waals surface area (Å²) in [6.07, 6.45) is 5.25. The minimum Gasteiger partial charge on any atom is -0.366 e. The first-order valence-corrected chi connectivity index (χ1v) is 3.63. The molecule has 1 saturated heterocycles. The van der Waals surface area contributed by atoms with E-state index in [1.165, 1.54) is 0 Å². The van der Waals surface area contributed by atoms with Gasteiger partial charge in [0.2, 0.25) is 0 Å². The van der Waals surface area contributed by atoms with Gasteiger partial charge in [0.1, 0.15) is 0 Å². The standard InChI is InChI=1S/C8H12O/c1-5-6(2)8-4-3-7(5)9-8/h3-8H,1-2H3/t5-,6+,7+,8-. The van der Waals surface area contributed by atoms with Crippen LogP contribution in [0.15, 0.2) is 12.2 Å². The lowest BCUT2D eigenvalue weighted by molar-refractivity contribution is 0.105. The highest BCUT2D eigenvalue weighted by Crippen LogP contribution is 2.37. The monoisotopic (exact) mass is 124 g/mol. The Morgan fingerprint density at radius 3 is 1.67 bits per heavy atom. The van der Waals surface area contributed by atoms with Gasteiger partial charge in [0.05, 0.1) is 12.2 Å². The van der Waals surface area contributed by atoms with Crippen molar-refractivity contribution in [2.24, 2.45) is 11.8 Å². The molecule has 0 aliphatic carbocycles. The summed E-state index contributed by atoms with van der Waals surface area (Å²) in [5, 5.41) is 0. The van der Waals surface area contributed by atoms with Crippen LogP contribution in [-0.4, -0.2) is 12.2 Å². The van der Waals surface area contributed by atoms with E-state index < -0.39 is 0 Å². The molecule has 2 heterocycles. The molecule has 0 aromatic heterocycles. The van der Waals surface area contributed by atoms with Gasteiger partial charge in [0.25, 0.3) is 0 Å². The van der Waals surface area contributed by atoms with Crippen LogP contribution in [0.5, 0.6) is 0 Å². The van der Waals surface area contributed by atoms with E-state index in [4.69, 9.17) is 4.74 Å². The maximum absolute atomic E-state index is 5.59. The van der Waals surface area contributed by atoms with Crippen LogP contribution in [0.2, 0.25) is 0 Å². The highest BCUT2D eigenvalue weighted by atomic mass is 16.5. The molecule has 2 bridgehead atoms. The number of fused-ring (bicyclic) bond motifs is 2. The minimum absolute atomic E-state index is 0.435. The van der Waals surface area contributed by atoms with Gasteiger partial charge in [-0.05, 0) is 11.8 Å². The van der Waals surface area contributed by atoms with Crippen molar-refractivity contribution in [2.45, 2.75) is 26.1 Å². The van der Waals surface area contributed by atoms with Crippen molar-refractivity contribution < 1.29 is 4.74 Å². The molecule has 9 heavy (non-hydrogen) atoms. The Morgan fingerprint density at radius 1 is 1.00 bits per heavy atom. The molecule has 0 saturated carbocycles. The van der Waals surface area contributed by atoms with Crippen molar-refractivity contribution >= 4 is 0 Å². The number of hydrogen-bond donors (Lipinski definition) is 0. The lowest BCUT2D eigenvalue weighted by Crippen LogP contribution is -2.17. The van der Waals surface area contributed by atoms with E-state index in [1.807, 2.05) is 0 Å². The maximum atomic E-state index is 5.59. The van der Waals surface area contributed by atoms with E-state index in [0.29, 0.717) is 12.2 Å². The molecule has 1 fully saturated rings. The van der Waals surface area contributed by atoms with E-state index in [0.717, 1.165) is 11.8 Å². The van der Waals surface area contributed by atoms with E-state index in [9.17, 15) is 0 Å². The molecule has 0 unspecified atom stereocenters. The minimum atomic E-state index is 0.435. The van der Waals surface area contributed by atoms with Crippen LogP contribution >= 0.6 is 0 Å². The summed E-state index contributed by atoms with van der Waals surface area (Å²) in [5.41, 5.74) is 0. The van der Waals surface area contributed by atoms with Crippen molar-refractivity contribution in [3.63, 3.8) is 0 Å². The van der Waals surface area contributed by atoms with E-state index in [1.54, 1.807) is 0 Å². The molecule has 4 atom stereocenters. The van der Waals surface area contributed by atoms with Gasteiger partial charge < -0.3 is 4.74 Å². The highest BCUT2D eigenvalue weighted by molar-refractivity contribution is 5.12. The quantitative estimate of drug-likeness (QED) is 0.446. The Labute approximate surface area is 55.7 Å². The summed E-state index contributed by atoms with van der Waals surface area (Å²) < 4.78 is 5.59. The topological polar surface area (TPSA) is 9.23 Å². The SMILES string of the molecule is C[C@@H]1[C@H](C)[C@H]2C=C[C@@H]1O2. The van der Waals surface area contributed by atoms with Gasteiger partial charge in [-0.3, -0.25) is 0 Å².